The standard InChI is InChI=1S/C15H16F3NO5/c1-23-13(21)8-11(20)7-12(15(16,17)18)19-14(22)24-9-10-5-3-2-4-6-10/h2-6,12H,7-9H2,1H3,(H,19,22). The van der Waals surface area contributed by atoms with E-state index < -0.39 is 42.9 Å². The summed E-state index contributed by atoms with van der Waals surface area (Å²) in [6.07, 6.45) is -8.06. The topological polar surface area (TPSA) is 81.7 Å². The SMILES string of the molecule is COC(=O)CC(=O)CC(NC(=O)OCc1ccccc1)C(F)(F)F. The molecular formula is C15H16F3NO5. The van der Waals surface area contributed by atoms with E-state index >= 15 is 0 Å². The first kappa shape index (κ1) is 19.5. The van der Waals surface area contributed by atoms with Crippen LogP contribution in [0.25, 0.3) is 0 Å². The summed E-state index contributed by atoms with van der Waals surface area (Å²) in [7, 11) is 1.01. The van der Waals surface area contributed by atoms with E-state index in [2.05, 4.69) is 9.47 Å². The molecule has 9 heteroatoms. The molecule has 6 nitrogen and oxygen atoms in total. The van der Waals surface area contributed by atoms with Gasteiger partial charge in [0.05, 0.1) is 7.11 Å². The molecule has 0 heterocycles. The minimum atomic E-state index is -4.86. The number of amides is 1. The van der Waals surface area contributed by atoms with Gasteiger partial charge in [-0.3, -0.25) is 9.59 Å². The molecule has 1 unspecified atom stereocenters. The smallest absolute Gasteiger partial charge is 0.409 e. The lowest BCUT2D eigenvalue weighted by atomic mass is 10.1. The Morgan fingerprint density at radius 2 is 1.79 bits per heavy atom. The number of hydrogen-bond donors (Lipinski definition) is 1. The molecule has 0 aromatic heterocycles. The Labute approximate surface area is 135 Å². The molecule has 0 aliphatic heterocycles. The van der Waals surface area contributed by atoms with Crippen LogP contribution in [0.4, 0.5) is 18.0 Å². The van der Waals surface area contributed by atoms with Crippen LogP contribution in [0.2, 0.25) is 0 Å². The first-order chi connectivity index (χ1) is 11.2. The van der Waals surface area contributed by atoms with Gasteiger partial charge in [-0.25, -0.2) is 4.79 Å². The van der Waals surface area contributed by atoms with Crippen molar-refractivity contribution >= 4 is 17.8 Å². The molecule has 0 bridgehead atoms. The van der Waals surface area contributed by atoms with Gasteiger partial charge in [-0.15, -0.1) is 0 Å². The molecule has 1 aromatic carbocycles. The summed E-state index contributed by atoms with van der Waals surface area (Å²) in [5.74, 6) is -1.96. The number of hydrogen-bond acceptors (Lipinski definition) is 5. The number of Topliss-reactive ketones (excluding diaryl/α,β-unsaturated/α-hetero) is 1. The third-order valence-electron chi connectivity index (χ3n) is 2.90. The molecule has 1 amide bonds. The first-order valence-electron chi connectivity index (χ1n) is 6.84. The van der Waals surface area contributed by atoms with Crippen molar-refractivity contribution in [3.05, 3.63) is 35.9 Å². The van der Waals surface area contributed by atoms with E-state index in [0.29, 0.717) is 5.56 Å². The molecule has 24 heavy (non-hydrogen) atoms. The lowest BCUT2D eigenvalue weighted by Crippen LogP contribution is -2.47. The van der Waals surface area contributed by atoms with Crippen molar-refractivity contribution < 1.29 is 37.0 Å². The number of alkyl carbamates (subject to hydrolysis) is 1. The van der Waals surface area contributed by atoms with Gasteiger partial charge in [-0.05, 0) is 5.56 Å². The quantitative estimate of drug-likeness (QED) is 0.605. The number of methoxy groups -OCH3 is 1. The van der Waals surface area contributed by atoms with Crippen molar-refractivity contribution in [1.82, 2.24) is 5.32 Å². The zero-order valence-electron chi connectivity index (χ0n) is 12.8. The molecular weight excluding hydrogens is 331 g/mol. The fraction of sp³-hybridized carbons (Fsp3) is 0.400. The van der Waals surface area contributed by atoms with Crippen molar-refractivity contribution in [2.24, 2.45) is 0 Å². The van der Waals surface area contributed by atoms with Gasteiger partial charge in [0.1, 0.15) is 24.9 Å². The van der Waals surface area contributed by atoms with Crippen LogP contribution in [0, 0.1) is 0 Å². The second kappa shape index (κ2) is 8.90. The number of benzene rings is 1. The third kappa shape index (κ3) is 7.12. The zero-order chi connectivity index (χ0) is 18.2. The maximum absolute atomic E-state index is 12.9. The maximum Gasteiger partial charge on any atom is 0.409 e. The number of esters is 1. The van der Waals surface area contributed by atoms with Crippen molar-refractivity contribution in [3.63, 3.8) is 0 Å². The number of ether oxygens (including phenoxy) is 2. The molecule has 1 aromatic rings. The fourth-order valence-corrected chi connectivity index (χ4v) is 1.69. The van der Waals surface area contributed by atoms with Crippen molar-refractivity contribution in [1.29, 1.82) is 0 Å². The Hall–Kier alpha value is -2.58. The van der Waals surface area contributed by atoms with Gasteiger partial charge < -0.3 is 14.8 Å². The molecule has 0 aliphatic carbocycles. The molecule has 132 valence electrons. The number of carbonyl (C=O) groups excluding carboxylic acids is 3. The van der Waals surface area contributed by atoms with Gasteiger partial charge in [0.2, 0.25) is 0 Å². The first-order valence-corrected chi connectivity index (χ1v) is 6.84. The van der Waals surface area contributed by atoms with Gasteiger partial charge in [0, 0.05) is 6.42 Å². The highest BCUT2D eigenvalue weighted by Gasteiger charge is 2.42. The fourth-order valence-electron chi connectivity index (χ4n) is 1.69. The Balaban J connectivity index is 2.57. The molecule has 1 atom stereocenters. The third-order valence-corrected chi connectivity index (χ3v) is 2.90. The minimum Gasteiger partial charge on any atom is -0.469 e. The highest BCUT2D eigenvalue weighted by molar-refractivity contribution is 5.95. The maximum atomic E-state index is 12.9. The summed E-state index contributed by atoms with van der Waals surface area (Å²) in [5, 5.41) is 1.59. The number of rotatable bonds is 7. The minimum absolute atomic E-state index is 0.215. The van der Waals surface area contributed by atoms with Crippen molar-refractivity contribution in [2.45, 2.75) is 31.7 Å². The normalized spacial score (nSPS) is 12.2. The Bertz CT molecular complexity index is 574. The van der Waals surface area contributed by atoms with Crippen molar-refractivity contribution in [3.8, 4) is 0 Å². The van der Waals surface area contributed by atoms with E-state index in [1.807, 2.05) is 0 Å². The molecule has 0 radical (unpaired) electrons. The predicted octanol–water partition coefficient (Wildman–Crippen LogP) is 2.37. The number of alkyl halides is 3. The Morgan fingerprint density at radius 3 is 2.33 bits per heavy atom. The molecule has 0 aliphatic rings. The molecule has 0 spiro atoms. The van der Waals surface area contributed by atoms with Crippen LogP contribution < -0.4 is 5.32 Å². The molecule has 0 fully saturated rings. The van der Waals surface area contributed by atoms with Gasteiger partial charge in [0.15, 0.2) is 0 Å². The van der Waals surface area contributed by atoms with Gasteiger partial charge in [-0.1, -0.05) is 30.3 Å². The summed E-state index contributed by atoms with van der Waals surface area (Å²) in [6, 6.07) is 5.91. The summed E-state index contributed by atoms with van der Waals surface area (Å²) >= 11 is 0. The van der Waals surface area contributed by atoms with E-state index in [-0.39, 0.29) is 6.61 Å². The highest BCUT2D eigenvalue weighted by Crippen LogP contribution is 2.23. The predicted molar refractivity (Wildman–Crippen MR) is 75.9 cm³/mol. The van der Waals surface area contributed by atoms with Crippen LogP contribution in [0.5, 0.6) is 0 Å². The van der Waals surface area contributed by atoms with Gasteiger partial charge >= 0.3 is 18.2 Å². The number of halogens is 3. The lowest BCUT2D eigenvalue weighted by molar-refractivity contribution is -0.161. The van der Waals surface area contributed by atoms with Crippen LogP contribution in [0.3, 0.4) is 0 Å². The average molecular weight is 347 g/mol. The highest BCUT2D eigenvalue weighted by atomic mass is 19.4. The van der Waals surface area contributed by atoms with Crippen LogP contribution in [0.15, 0.2) is 30.3 Å². The average Bonchev–Trinajstić information content (AvgIpc) is 2.52. The molecule has 0 saturated heterocycles. The van der Waals surface area contributed by atoms with Crippen LogP contribution in [0.1, 0.15) is 18.4 Å². The lowest BCUT2D eigenvalue weighted by Gasteiger charge is -2.20. The van der Waals surface area contributed by atoms with E-state index in [0.717, 1.165) is 7.11 Å². The second-order valence-corrected chi connectivity index (χ2v) is 4.80. The Kier molecular flexibility index (Phi) is 7.22. The number of nitrogens with one attached hydrogen (secondary N) is 1. The van der Waals surface area contributed by atoms with Gasteiger partial charge in [-0.2, -0.15) is 13.2 Å². The van der Waals surface area contributed by atoms with E-state index in [1.54, 1.807) is 35.6 Å². The summed E-state index contributed by atoms with van der Waals surface area (Å²) in [5.41, 5.74) is 0.595. The zero-order valence-corrected chi connectivity index (χ0v) is 12.8. The summed E-state index contributed by atoms with van der Waals surface area (Å²) in [6.45, 7) is -0.215. The monoisotopic (exact) mass is 347 g/mol. The molecule has 0 saturated carbocycles. The van der Waals surface area contributed by atoms with E-state index in [9.17, 15) is 27.6 Å². The Morgan fingerprint density at radius 1 is 1.17 bits per heavy atom. The van der Waals surface area contributed by atoms with E-state index in [1.165, 1.54) is 0 Å². The van der Waals surface area contributed by atoms with Gasteiger partial charge in [0.25, 0.3) is 0 Å². The molecule has 1 rings (SSSR count). The van der Waals surface area contributed by atoms with Crippen LogP contribution in [-0.2, 0) is 25.7 Å². The van der Waals surface area contributed by atoms with Crippen LogP contribution >= 0.6 is 0 Å². The summed E-state index contributed by atoms with van der Waals surface area (Å²) in [4.78, 5) is 33.8. The second-order valence-electron chi connectivity index (χ2n) is 4.80. The number of ketones is 1. The summed E-state index contributed by atoms with van der Waals surface area (Å²) < 4.78 is 47.5. The van der Waals surface area contributed by atoms with Crippen LogP contribution in [-0.4, -0.2) is 37.2 Å². The molecule has 1 N–H and O–H groups in total. The number of carbonyl (C=O) groups is 3. The van der Waals surface area contributed by atoms with E-state index in [4.69, 9.17) is 0 Å². The van der Waals surface area contributed by atoms with Crippen molar-refractivity contribution in [2.75, 3.05) is 7.11 Å². The largest absolute Gasteiger partial charge is 0.469 e.